The van der Waals surface area contributed by atoms with Crippen LogP contribution in [0.1, 0.15) is 25.3 Å². The van der Waals surface area contributed by atoms with Crippen molar-refractivity contribution in [2.24, 2.45) is 0 Å². The number of ether oxygens (including phenoxy) is 1. The number of ketones is 1. The Labute approximate surface area is 134 Å². The van der Waals surface area contributed by atoms with Gasteiger partial charge in [-0.3, -0.25) is 4.79 Å². The summed E-state index contributed by atoms with van der Waals surface area (Å²) in [5.41, 5.74) is 0.851. The molecule has 2 atom stereocenters. The fourth-order valence-electron chi connectivity index (χ4n) is 2.35. The van der Waals surface area contributed by atoms with Crippen LogP contribution in [0.25, 0.3) is 0 Å². The molecular weight excluding hydrogens is 300 g/mol. The third kappa shape index (κ3) is 3.91. The summed E-state index contributed by atoms with van der Waals surface area (Å²) in [7, 11) is 0. The van der Waals surface area contributed by atoms with Crippen LogP contribution in [-0.4, -0.2) is 34.5 Å². The molecular formula is C17H20O4S. The fourth-order valence-corrected chi connectivity index (χ4v) is 2.72. The van der Waals surface area contributed by atoms with E-state index < -0.39 is 12.1 Å². The molecule has 1 heterocycles. The first-order chi connectivity index (χ1) is 10.5. The summed E-state index contributed by atoms with van der Waals surface area (Å²) in [6, 6.07) is 9.57. The zero-order valence-corrected chi connectivity index (χ0v) is 13.6. The largest absolute Gasteiger partial charge is 0.507 e. The number of aliphatic hydroxyl groups is 1. The lowest BCUT2D eigenvalue weighted by Gasteiger charge is -2.13. The Morgan fingerprint density at radius 3 is 2.68 bits per heavy atom. The Morgan fingerprint density at radius 1 is 1.36 bits per heavy atom. The molecule has 0 radical (unpaired) electrons. The molecule has 0 aromatic heterocycles. The van der Waals surface area contributed by atoms with Crippen molar-refractivity contribution < 1.29 is 19.4 Å². The highest BCUT2D eigenvalue weighted by molar-refractivity contribution is 7.99. The van der Waals surface area contributed by atoms with Gasteiger partial charge in [-0.05, 0) is 18.2 Å². The van der Waals surface area contributed by atoms with Gasteiger partial charge in [0.25, 0.3) is 0 Å². The quantitative estimate of drug-likeness (QED) is 0.618. The molecule has 0 spiro atoms. The zero-order valence-electron chi connectivity index (χ0n) is 12.7. The number of rotatable bonds is 7. The minimum Gasteiger partial charge on any atom is -0.507 e. The molecule has 2 rings (SSSR count). The molecule has 1 N–H and O–H groups in total. The summed E-state index contributed by atoms with van der Waals surface area (Å²) in [5.74, 6) is -1.26. The Hall–Kier alpha value is -1.75. The van der Waals surface area contributed by atoms with E-state index in [1.165, 1.54) is 0 Å². The van der Waals surface area contributed by atoms with E-state index in [9.17, 15) is 14.7 Å². The second kappa shape index (κ2) is 7.49. The van der Waals surface area contributed by atoms with Crippen LogP contribution in [0.2, 0.25) is 0 Å². The molecule has 0 aliphatic carbocycles. The highest BCUT2D eigenvalue weighted by Crippen LogP contribution is 2.28. The predicted octanol–water partition coefficient (Wildman–Crippen LogP) is 3.07. The van der Waals surface area contributed by atoms with Crippen LogP contribution < -0.4 is 0 Å². The van der Waals surface area contributed by atoms with Gasteiger partial charge in [0.1, 0.15) is 5.57 Å². The van der Waals surface area contributed by atoms with Gasteiger partial charge in [-0.25, -0.2) is 4.79 Å². The Kier molecular flexibility index (Phi) is 5.66. The first-order valence-electron chi connectivity index (χ1n) is 7.27. The number of carbonyl (C=O) groups excluding carboxylic acids is 2. The molecule has 4 nitrogen and oxygen atoms in total. The number of aliphatic hydroxyl groups excluding tert-OH is 1. The monoisotopic (exact) mass is 320 g/mol. The maximum atomic E-state index is 12.2. The standard InChI is InChI=1S/C17H20O4S/c1-11(22-2)10-14-16(19)15(17(20)21-14)13(18)9-8-12-6-4-3-5-7-12/h3-7,11,14,19H,8-10H2,1-2H3. The van der Waals surface area contributed by atoms with Gasteiger partial charge >= 0.3 is 5.97 Å². The van der Waals surface area contributed by atoms with Crippen LogP contribution in [0.15, 0.2) is 41.7 Å². The zero-order chi connectivity index (χ0) is 16.1. The van der Waals surface area contributed by atoms with Crippen LogP contribution >= 0.6 is 11.8 Å². The minimum absolute atomic E-state index is 0.172. The lowest BCUT2D eigenvalue weighted by atomic mass is 10.0. The van der Waals surface area contributed by atoms with Gasteiger partial charge < -0.3 is 9.84 Å². The highest BCUT2D eigenvalue weighted by atomic mass is 32.2. The van der Waals surface area contributed by atoms with Gasteiger partial charge in [0.2, 0.25) is 0 Å². The first-order valence-corrected chi connectivity index (χ1v) is 8.55. The SMILES string of the molecule is CSC(C)CC1OC(=O)C(C(=O)CCc2ccccc2)=C1O. The summed E-state index contributed by atoms with van der Waals surface area (Å²) in [5, 5.41) is 10.4. The molecule has 0 saturated heterocycles. The van der Waals surface area contributed by atoms with Gasteiger partial charge in [0.15, 0.2) is 17.6 Å². The molecule has 5 heteroatoms. The second-order valence-electron chi connectivity index (χ2n) is 5.34. The van der Waals surface area contributed by atoms with E-state index in [0.29, 0.717) is 12.8 Å². The lowest BCUT2D eigenvalue weighted by Crippen LogP contribution is -2.16. The van der Waals surface area contributed by atoms with Crippen molar-refractivity contribution in [2.45, 2.75) is 37.5 Å². The molecule has 0 saturated carbocycles. The first kappa shape index (κ1) is 16.6. The molecule has 1 aliphatic heterocycles. The summed E-state index contributed by atoms with van der Waals surface area (Å²) in [6.07, 6.45) is 2.49. The maximum absolute atomic E-state index is 12.2. The summed E-state index contributed by atoms with van der Waals surface area (Å²) >= 11 is 1.62. The molecule has 1 aliphatic rings. The molecule has 1 aromatic carbocycles. The van der Waals surface area contributed by atoms with E-state index in [-0.39, 0.29) is 28.8 Å². The number of Topliss-reactive ketones (excluding diaryl/α,β-unsaturated/α-hetero) is 1. The topological polar surface area (TPSA) is 63.6 Å². The number of esters is 1. The van der Waals surface area contributed by atoms with Crippen LogP contribution in [0.3, 0.4) is 0 Å². The number of cyclic esters (lactones) is 1. The van der Waals surface area contributed by atoms with Gasteiger partial charge in [-0.15, -0.1) is 0 Å². The molecule has 1 aromatic rings. The number of benzene rings is 1. The van der Waals surface area contributed by atoms with E-state index in [0.717, 1.165) is 5.56 Å². The van der Waals surface area contributed by atoms with E-state index in [1.54, 1.807) is 11.8 Å². The van der Waals surface area contributed by atoms with Crippen molar-refractivity contribution in [1.29, 1.82) is 0 Å². The smallest absolute Gasteiger partial charge is 0.346 e. The van der Waals surface area contributed by atoms with Crippen molar-refractivity contribution in [3.63, 3.8) is 0 Å². The Balaban J connectivity index is 2.02. The summed E-state index contributed by atoms with van der Waals surface area (Å²) < 4.78 is 5.13. The van der Waals surface area contributed by atoms with E-state index in [4.69, 9.17) is 4.74 Å². The molecule has 118 valence electrons. The van der Waals surface area contributed by atoms with E-state index in [1.807, 2.05) is 43.5 Å². The van der Waals surface area contributed by atoms with Crippen LogP contribution in [0.5, 0.6) is 0 Å². The summed E-state index contributed by atoms with van der Waals surface area (Å²) in [6.45, 7) is 1.99. The molecule has 22 heavy (non-hydrogen) atoms. The summed E-state index contributed by atoms with van der Waals surface area (Å²) in [4.78, 5) is 24.1. The van der Waals surface area contributed by atoms with E-state index in [2.05, 4.69) is 0 Å². The van der Waals surface area contributed by atoms with Crippen LogP contribution in [-0.2, 0) is 20.7 Å². The number of thioether (sulfide) groups is 1. The highest BCUT2D eigenvalue weighted by Gasteiger charge is 2.38. The van der Waals surface area contributed by atoms with Crippen molar-refractivity contribution >= 4 is 23.5 Å². The van der Waals surface area contributed by atoms with Crippen molar-refractivity contribution in [3.05, 3.63) is 47.2 Å². The maximum Gasteiger partial charge on any atom is 0.346 e. The average molecular weight is 320 g/mol. The third-order valence-electron chi connectivity index (χ3n) is 3.73. The number of hydrogen-bond donors (Lipinski definition) is 1. The Morgan fingerprint density at radius 2 is 2.05 bits per heavy atom. The van der Waals surface area contributed by atoms with Gasteiger partial charge in [0, 0.05) is 18.1 Å². The van der Waals surface area contributed by atoms with Crippen molar-refractivity contribution in [3.8, 4) is 0 Å². The number of hydrogen-bond acceptors (Lipinski definition) is 5. The normalized spacial score (nSPS) is 19.2. The molecule has 0 amide bonds. The second-order valence-corrected chi connectivity index (χ2v) is 6.62. The van der Waals surface area contributed by atoms with Gasteiger partial charge in [0.05, 0.1) is 0 Å². The average Bonchev–Trinajstić information content (AvgIpc) is 2.80. The van der Waals surface area contributed by atoms with Gasteiger partial charge in [-0.2, -0.15) is 11.8 Å². The van der Waals surface area contributed by atoms with Crippen molar-refractivity contribution in [2.75, 3.05) is 6.26 Å². The molecule has 0 fully saturated rings. The van der Waals surface area contributed by atoms with Crippen molar-refractivity contribution in [1.82, 2.24) is 0 Å². The number of carbonyl (C=O) groups is 2. The van der Waals surface area contributed by atoms with Gasteiger partial charge in [-0.1, -0.05) is 37.3 Å². The minimum atomic E-state index is -0.700. The Bertz CT molecular complexity index is 580. The predicted molar refractivity (Wildman–Crippen MR) is 86.9 cm³/mol. The number of aryl methyl sites for hydroxylation is 1. The third-order valence-corrected chi connectivity index (χ3v) is 4.72. The van der Waals surface area contributed by atoms with Crippen LogP contribution in [0, 0.1) is 0 Å². The fraction of sp³-hybridized carbons (Fsp3) is 0.412. The molecule has 0 bridgehead atoms. The van der Waals surface area contributed by atoms with Crippen LogP contribution in [0.4, 0.5) is 0 Å². The molecule has 2 unspecified atom stereocenters. The lowest BCUT2D eigenvalue weighted by molar-refractivity contribution is -0.141. The van der Waals surface area contributed by atoms with E-state index >= 15 is 0 Å².